The fourth-order valence-electron chi connectivity index (χ4n) is 3.13. The molecule has 0 aromatic heterocycles. The zero-order valence-electron chi connectivity index (χ0n) is 10.8. The molecular weight excluding hydrogens is 216 g/mol. The van der Waals surface area contributed by atoms with Gasteiger partial charge in [-0.1, -0.05) is 13.3 Å². The summed E-state index contributed by atoms with van der Waals surface area (Å²) in [6.45, 7) is 7.35. The highest BCUT2D eigenvalue weighted by Gasteiger charge is 2.36. The zero-order valence-corrected chi connectivity index (χ0v) is 10.8. The van der Waals surface area contributed by atoms with E-state index < -0.39 is 5.97 Å². The van der Waals surface area contributed by atoms with Crippen molar-refractivity contribution >= 4 is 5.97 Å². The molecule has 2 saturated heterocycles. The van der Waals surface area contributed by atoms with E-state index in [2.05, 4.69) is 16.7 Å². The first kappa shape index (κ1) is 12.8. The predicted octanol–water partition coefficient (Wildman–Crippen LogP) is 1.27. The summed E-state index contributed by atoms with van der Waals surface area (Å²) >= 11 is 0. The van der Waals surface area contributed by atoms with E-state index in [0.717, 1.165) is 26.1 Å². The second-order valence-electron chi connectivity index (χ2n) is 5.49. The maximum absolute atomic E-state index is 11.2. The van der Waals surface area contributed by atoms with Crippen LogP contribution in [0.3, 0.4) is 0 Å². The molecule has 4 heteroatoms. The minimum Gasteiger partial charge on any atom is -0.480 e. The number of aliphatic carboxylic acids is 1. The molecule has 2 heterocycles. The number of likely N-dealkylation sites (tertiary alicyclic amines) is 2. The largest absolute Gasteiger partial charge is 0.480 e. The summed E-state index contributed by atoms with van der Waals surface area (Å²) in [7, 11) is 0. The van der Waals surface area contributed by atoms with E-state index in [1.807, 2.05) is 0 Å². The third-order valence-electron chi connectivity index (χ3n) is 4.21. The van der Waals surface area contributed by atoms with Crippen molar-refractivity contribution in [1.29, 1.82) is 0 Å². The fraction of sp³-hybridized carbons (Fsp3) is 0.923. The number of piperidine rings is 1. The molecule has 0 bridgehead atoms. The van der Waals surface area contributed by atoms with Crippen LogP contribution in [0.2, 0.25) is 0 Å². The predicted molar refractivity (Wildman–Crippen MR) is 67.1 cm³/mol. The van der Waals surface area contributed by atoms with Crippen LogP contribution in [0.4, 0.5) is 0 Å². The molecular formula is C13H24N2O2. The quantitative estimate of drug-likeness (QED) is 0.803. The van der Waals surface area contributed by atoms with Gasteiger partial charge in [-0.25, -0.2) is 0 Å². The number of nitrogens with zero attached hydrogens (tertiary/aromatic N) is 2. The van der Waals surface area contributed by atoms with Crippen LogP contribution in [0.25, 0.3) is 0 Å². The second-order valence-corrected chi connectivity index (χ2v) is 5.49. The Bertz CT molecular complexity index is 264. The van der Waals surface area contributed by atoms with Crippen molar-refractivity contribution in [2.45, 2.75) is 38.6 Å². The van der Waals surface area contributed by atoms with Crippen molar-refractivity contribution in [2.75, 3.05) is 32.7 Å². The Balaban J connectivity index is 1.79. The van der Waals surface area contributed by atoms with Crippen molar-refractivity contribution in [3.63, 3.8) is 0 Å². The Hall–Kier alpha value is -0.610. The number of hydrogen-bond acceptors (Lipinski definition) is 3. The van der Waals surface area contributed by atoms with Crippen molar-refractivity contribution in [2.24, 2.45) is 5.92 Å². The lowest BCUT2D eigenvalue weighted by atomic mass is 10.0. The van der Waals surface area contributed by atoms with Gasteiger partial charge in [0, 0.05) is 13.1 Å². The van der Waals surface area contributed by atoms with Gasteiger partial charge in [0.15, 0.2) is 0 Å². The Morgan fingerprint density at radius 3 is 2.53 bits per heavy atom. The van der Waals surface area contributed by atoms with Gasteiger partial charge in [-0.3, -0.25) is 9.69 Å². The highest BCUT2D eigenvalue weighted by molar-refractivity contribution is 5.74. The van der Waals surface area contributed by atoms with Gasteiger partial charge in [-0.2, -0.15) is 0 Å². The molecule has 0 spiro atoms. The fourth-order valence-corrected chi connectivity index (χ4v) is 3.13. The van der Waals surface area contributed by atoms with Gasteiger partial charge in [-0.05, 0) is 44.8 Å². The topological polar surface area (TPSA) is 43.8 Å². The minimum absolute atomic E-state index is 0.250. The van der Waals surface area contributed by atoms with Crippen LogP contribution in [0.5, 0.6) is 0 Å². The third kappa shape index (κ3) is 3.19. The van der Waals surface area contributed by atoms with E-state index in [9.17, 15) is 9.90 Å². The molecule has 2 rings (SSSR count). The summed E-state index contributed by atoms with van der Waals surface area (Å²) in [5, 5.41) is 9.24. The lowest BCUT2D eigenvalue weighted by Crippen LogP contribution is -2.44. The van der Waals surface area contributed by atoms with Crippen molar-refractivity contribution in [1.82, 2.24) is 9.80 Å². The molecule has 0 aliphatic carbocycles. The molecule has 2 atom stereocenters. The highest BCUT2D eigenvalue weighted by atomic mass is 16.4. The first-order valence-corrected chi connectivity index (χ1v) is 6.87. The van der Waals surface area contributed by atoms with E-state index in [0.29, 0.717) is 5.92 Å². The van der Waals surface area contributed by atoms with Gasteiger partial charge < -0.3 is 10.0 Å². The van der Waals surface area contributed by atoms with E-state index in [4.69, 9.17) is 0 Å². The first-order valence-electron chi connectivity index (χ1n) is 6.87. The first-order chi connectivity index (χ1) is 8.18. The Labute approximate surface area is 104 Å². The number of hydrogen-bond donors (Lipinski definition) is 1. The lowest BCUT2D eigenvalue weighted by Gasteiger charge is -2.30. The van der Waals surface area contributed by atoms with Gasteiger partial charge in [0.05, 0.1) is 0 Å². The molecule has 4 nitrogen and oxygen atoms in total. The molecule has 2 aliphatic heterocycles. The van der Waals surface area contributed by atoms with Crippen LogP contribution in [-0.2, 0) is 4.79 Å². The Kier molecular flexibility index (Phi) is 4.40. The maximum Gasteiger partial charge on any atom is 0.321 e. The van der Waals surface area contributed by atoms with Gasteiger partial charge in [-0.15, -0.1) is 0 Å². The van der Waals surface area contributed by atoms with Crippen LogP contribution in [0.1, 0.15) is 32.6 Å². The average Bonchev–Trinajstić information content (AvgIpc) is 2.69. The van der Waals surface area contributed by atoms with Crippen LogP contribution in [0.15, 0.2) is 0 Å². The van der Waals surface area contributed by atoms with Crippen molar-refractivity contribution in [3.05, 3.63) is 0 Å². The molecule has 2 aliphatic rings. The summed E-state index contributed by atoms with van der Waals surface area (Å²) in [6.07, 6.45) is 4.99. The summed E-state index contributed by atoms with van der Waals surface area (Å²) in [4.78, 5) is 15.9. The molecule has 0 aromatic rings. The molecule has 17 heavy (non-hydrogen) atoms. The lowest BCUT2D eigenvalue weighted by molar-refractivity contribution is -0.143. The molecule has 2 unspecified atom stereocenters. The number of carbonyl (C=O) groups is 1. The maximum atomic E-state index is 11.2. The SMILES string of the molecule is CC1CCN(CCN2CCCCC2)C1C(=O)O. The van der Waals surface area contributed by atoms with Crippen LogP contribution >= 0.6 is 0 Å². The summed E-state index contributed by atoms with van der Waals surface area (Å²) < 4.78 is 0. The van der Waals surface area contributed by atoms with Gasteiger partial charge in [0.25, 0.3) is 0 Å². The van der Waals surface area contributed by atoms with E-state index in [1.165, 1.54) is 32.4 Å². The van der Waals surface area contributed by atoms with E-state index in [-0.39, 0.29) is 6.04 Å². The average molecular weight is 240 g/mol. The van der Waals surface area contributed by atoms with Gasteiger partial charge in [0.1, 0.15) is 6.04 Å². The van der Waals surface area contributed by atoms with E-state index >= 15 is 0 Å². The normalized spacial score (nSPS) is 31.8. The van der Waals surface area contributed by atoms with Gasteiger partial charge >= 0.3 is 5.97 Å². The third-order valence-corrected chi connectivity index (χ3v) is 4.21. The molecule has 2 fully saturated rings. The number of rotatable bonds is 4. The monoisotopic (exact) mass is 240 g/mol. The van der Waals surface area contributed by atoms with E-state index in [1.54, 1.807) is 0 Å². The molecule has 0 radical (unpaired) electrons. The molecule has 1 N–H and O–H groups in total. The Morgan fingerprint density at radius 1 is 1.18 bits per heavy atom. The number of carboxylic acid groups (broad SMARTS) is 1. The Morgan fingerprint density at radius 2 is 1.88 bits per heavy atom. The smallest absolute Gasteiger partial charge is 0.321 e. The number of carboxylic acids is 1. The molecule has 98 valence electrons. The van der Waals surface area contributed by atoms with Crippen LogP contribution in [0, 0.1) is 5.92 Å². The van der Waals surface area contributed by atoms with Gasteiger partial charge in [0.2, 0.25) is 0 Å². The summed E-state index contributed by atoms with van der Waals surface area (Å²) in [5.74, 6) is -0.345. The summed E-state index contributed by atoms with van der Waals surface area (Å²) in [5.41, 5.74) is 0. The standard InChI is InChI=1S/C13H24N2O2/c1-11-5-8-15(12(11)13(16)17)10-9-14-6-3-2-4-7-14/h11-12H,2-10H2,1H3,(H,16,17). The molecule has 0 saturated carbocycles. The highest BCUT2D eigenvalue weighted by Crippen LogP contribution is 2.23. The minimum atomic E-state index is -0.645. The molecule has 0 amide bonds. The van der Waals surface area contributed by atoms with Crippen molar-refractivity contribution < 1.29 is 9.90 Å². The van der Waals surface area contributed by atoms with Crippen LogP contribution < -0.4 is 0 Å². The zero-order chi connectivity index (χ0) is 12.3. The van der Waals surface area contributed by atoms with Crippen LogP contribution in [-0.4, -0.2) is 59.6 Å². The second kappa shape index (κ2) is 5.83. The summed E-state index contributed by atoms with van der Waals surface area (Å²) in [6, 6.07) is -0.250. The van der Waals surface area contributed by atoms with Crippen molar-refractivity contribution in [3.8, 4) is 0 Å². The molecule has 0 aromatic carbocycles.